The molecule has 102 valence electrons. The van der Waals surface area contributed by atoms with Crippen molar-refractivity contribution < 1.29 is 19.2 Å². The zero-order valence-electron chi connectivity index (χ0n) is 10.5. The number of rotatable bonds is 1. The van der Waals surface area contributed by atoms with E-state index < -0.39 is 35.6 Å². The standard InChI is InChI=1S/C12H10N4O4/c1-5-4-7(17)14-10(18)9(5)16-11(19)6-2-3-13-15-8(6)12(16)20/h2-3,5,9H,4H2,1H3,(H,14,17,18). The molecule has 20 heavy (non-hydrogen) atoms. The van der Waals surface area contributed by atoms with Gasteiger partial charge in [0.25, 0.3) is 11.8 Å². The lowest BCUT2D eigenvalue weighted by Gasteiger charge is -2.32. The molecule has 0 aliphatic carbocycles. The molecule has 8 nitrogen and oxygen atoms in total. The third kappa shape index (κ3) is 1.61. The lowest BCUT2D eigenvalue weighted by Crippen LogP contribution is -2.58. The van der Waals surface area contributed by atoms with Gasteiger partial charge < -0.3 is 0 Å². The quantitative estimate of drug-likeness (QED) is 0.666. The Morgan fingerprint density at radius 2 is 2.00 bits per heavy atom. The van der Waals surface area contributed by atoms with Crippen LogP contribution in [0, 0.1) is 5.92 Å². The molecule has 2 aliphatic rings. The van der Waals surface area contributed by atoms with Crippen molar-refractivity contribution >= 4 is 23.6 Å². The van der Waals surface area contributed by atoms with Gasteiger partial charge in [-0.2, -0.15) is 5.10 Å². The van der Waals surface area contributed by atoms with Crippen molar-refractivity contribution in [1.29, 1.82) is 0 Å². The molecule has 1 aromatic rings. The predicted octanol–water partition coefficient (Wildman–Crippen LogP) is -0.876. The van der Waals surface area contributed by atoms with E-state index in [9.17, 15) is 19.2 Å². The Hall–Kier alpha value is -2.64. The molecule has 2 unspecified atom stereocenters. The summed E-state index contributed by atoms with van der Waals surface area (Å²) in [7, 11) is 0. The second-order valence-corrected chi connectivity index (χ2v) is 4.81. The normalized spacial score (nSPS) is 25.8. The number of aromatic nitrogens is 2. The van der Waals surface area contributed by atoms with Crippen LogP contribution in [0.15, 0.2) is 12.3 Å². The monoisotopic (exact) mass is 274 g/mol. The fourth-order valence-corrected chi connectivity index (χ4v) is 2.55. The number of carbonyl (C=O) groups excluding carboxylic acids is 4. The minimum Gasteiger partial charge on any atom is -0.295 e. The Morgan fingerprint density at radius 1 is 1.25 bits per heavy atom. The molecule has 0 aromatic carbocycles. The first-order chi connectivity index (χ1) is 9.50. The van der Waals surface area contributed by atoms with Crippen molar-refractivity contribution in [2.45, 2.75) is 19.4 Å². The summed E-state index contributed by atoms with van der Waals surface area (Å²) in [6, 6.07) is 0.390. The molecule has 0 spiro atoms. The Balaban J connectivity index is 2.00. The molecular weight excluding hydrogens is 264 g/mol. The highest BCUT2D eigenvalue weighted by molar-refractivity contribution is 6.22. The zero-order valence-corrected chi connectivity index (χ0v) is 10.5. The fourth-order valence-electron chi connectivity index (χ4n) is 2.55. The minimum absolute atomic E-state index is 0.0607. The molecule has 4 amide bonds. The first-order valence-electron chi connectivity index (χ1n) is 6.04. The van der Waals surface area contributed by atoms with Crippen LogP contribution in [0.3, 0.4) is 0 Å². The number of fused-ring (bicyclic) bond motifs is 1. The molecule has 3 heterocycles. The van der Waals surface area contributed by atoms with Crippen molar-refractivity contribution in [2.24, 2.45) is 5.92 Å². The molecule has 1 N–H and O–H groups in total. The van der Waals surface area contributed by atoms with E-state index in [4.69, 9.17) is 0 Å². The summed E-state index contributed by atoms with van der Waals surface area (Å²) in [6.07, 6.45) is 1.39. The fraction of sp³-hybridized carbons (Fsp3) is 0.333. The highest BCUT2D eigenvalue weighted by Gasteiger charge is 2.48. The van der Waals surface area contributed by atoms with Crippen LogP contribution in [-0.4, -0.2) is 44.8 Å². The van der Waals surface area contributed by atoms with Crippen molar-refractivity contribution in [3.8, 4) is 0 Å². The van der Waals surface area contributed by atoms with E-state index in [1.165, 1.54) is 12.3 Å². The smallest absolute Gasteiger partial charge is 0.282 e. The SMILES string of the molecule is CC1CC(=O)NC(=O)C1N1C(=O)c2ccnnc2C1=O. The first-order valence-corrected chi connectivity index (χ1v) is 6.04. The first kappa shape index (κ1) is 12.4. The average Bonchev–Trinajstić information content (AvgIpc) is 2.64. The molecule has 0 radical (unpaired) electrons. The zero-order chi connectivity index (χ0) is 14.4. The Kier molecular flexibility index (Phi) is 2.60. The van der Waals surface area contributed by atoms with Crippen LogP contribution in [0.1, 0.15) is 34.2 Å². The molecule has 8 heteroatoms. The molecule has 3 rings (SSSR count). The van der Waals surface area contributed by atoms with E-state index in [1.54, 1.807) is 6.92 Å². The van der Waals surface area contributed by atoms with Gasteiger partial charge in [0.2, 0.25) is 11.8 Å². The predicted molar refractivity (Wildman–Crippen MR) is 63.3 cm³/mol. The number of carbonyl (C=O) groups is 4. The van der Waals surface area contributed by atoms with Gasteiger partial charge in [-0.3, -0.25) is 29.4 Å². The molecule has 1 aromatic heterocycles. The van der Waals surface area contributed by atoms with Gasteiger partial charge in [-0.1, -0.05) is 6.92 Å². The maximum atomic E-state index is 12.3. The van der Waals surface area contributed by atoms with Crippen molar-refractivity contribution in [3.63, 3.8) is 0 Å². The lowest BCUT2D eigenvalue weighted by molar-refractivity contribution is -0.138. The van der Waals surface area contributed by atoms with E-state index in [0.717, 1.165) is 4.90 Å². The summed E-state index contributed by atoms with van der Waals surface area (Å²) in [5.74, 6) is -2.72. The number of hydrogen-bond acceptors (Lipinski definition) is 6. The molecule has 0 bridgehead atoms. The van der Waals surface area contributed by atoms with Gasteiger partial charge in [0.1, 0.15) is 6.04 Å². The Labute approximate surface area is 113 Å². The molecule has 2 atom stereocenters. The van der Waals surface area contributed by atoms with E-state index in [2.05, 4.69) is 15.5 Å². The molecule has 1 saturated heterocycles. The van der Waals surface area contributed by atoms with Crippen LogP contribution in [-0.2, 0) is 9.59 Å². The van der Waals surface area contributed by atoms with E-state index in [0.29, 0.717) is 0 Å². The van der Waals surface area contributed by atoms with Gasteiger partial charge >= 0.3 is 0 Å². The molecule has 1 fully saturated rings. The van der Waals surface area contributed by atoms with Crippen LogP contribution in [0.2, 0.25) is 0 Å². The van der Waals surface area contributed by atoms with Gasteiger partial charge in [0.05, 0.1) is 11.8 Å². The Morgan fingerprint density at radius 3 is 2.65 bits per heavy atom. The van der Waals surface area contributed by atoms with Gasteiger partial charge in [-0.05, 0) is 12.0 Å². The summed E-state index contributed by atoms with van der Waals surface area (Å²) in [6.45, 7) is 1.65. The number of nitrogens with zero attached hydrogens (tertiary/aromatic N) is 3. The summed E-state index contributed by atoms with van der Waals surface area (Å²) in [5.41, 5.74) is 0.0660. The number of hydrogen-bond donors (Lipinski definition) is 1. The third-order valence-electron chi connectivity index (χ3n) is 3.45. The van der Waals surface area contributed by atoms with Crippen LogP contribution in [0.4, 0.5) is 0 Å². The number of piperidine rings is 1. The van der Waals surface area contributed by atoms with Gasteiger partial charge in [0.15, 0.2) is 5.69 Å². The number of imide groups is 2. The van der Waals surface area contributed by atoms with Crippen molar-refractivity contribution in [1.82, 2.24) is 20.4 Å². The van der Waals surface area contributed by atoms with Crippen LogP contribution in [0.5, 0.6) is 0 Å². The van der Waals surface area contributed by atoms with Crippen molar-refractivity contribution in [3.05, 3.63) is 23.5 Å². The lowest BCUT2D eigenvalue weighted by atomic mass is 9.92. The summed E-state index contributed by atoms with van der Waals surface area (Å²) in [5, 5.41) is 9.35. The largest absolute Gasteiger partial charge is 0.295 e. The van der Waals surface area contributed by atoms with E-state index >= 15 is 0 Å². The summed E-state index contributed by atoms with van der Waals surface area (Å²) < 4.78 is 0. The number of amides is 4. The maximum Gasteiger partial charge on any atom is 0.282 e. The second-order valence-electron chi connectivity index (χ2n) is 4.81. The topological polar surface area (TPSA) is 109 Å². The third-order valence-corrected chi connectivity index (χ3v) is 3.45. The molecule has 2 aliphatic heterocycles. The molecular formula is C12H10N4O4. The van der Waals surface area contributed by atoms with Gasteiger partial charge in [0, 0.05) is 6.42 Å². The average molecular weight is 274 g/mol. The van der Waals surface area contributed by atoms with Crippen molar-refractivity contribution in [2.75, 3.05) is 0 Å². The second kappa shape index (κ2) is 4.19. The highest BCUT2D eigenvalue weighted by atomic mass is 16.2. The highest BCUT2D eigenvalue weighted by Crippen LogP contribution is 2.28. The Bertz CT molecular complexity index is 622. The number of nitrogens with one attached hydrogen (secondary N) is 1. The maximum absolute atomic E-state index is 12.3. The summed E-state index contributed by atoms with van der Waals surface area (Å²) >= 11 is 0. The van der Waals surface area contributed by atoms with Gasteiger partial charge in [-0.25, -0.2) is 0 Å². The summed E-state index contributed by atoms with van der Waals surface area (Å²) in [4.78, 5) is 48.5. The van der Waals surface area contributed by atoms with Crippen LogP contribution >= 0.6 is 0 Å². The van der Waals surface area contributed by atoms with Gasteiger partial charge in [-0.15, -0.1) is 5.10 Å². The van der Waals surface area contributed by atoms with Crippen LogP contribution in [0.25, 0.3) is 0 Å². The van der Waals surface area contributed by atoms with Crippen LogP contribution < -0.4 is 5.32 Å². The minimum atomic E-state index is -0.998. The van der Waals surface area contributed by atoms with E-state index in [1.807, 2.05) is 0 Å². The molecule has 0 saturated carbocycles. The van der Waals surface area contributed by atoms with E-state index in [-0.39, 0.29) is 17.7 Å².